The molecule has 6 heteroatoms. The highest BCUT2D eigenvalue weighted by Gasteiger charge is 2.26. The van der Waals surface area contributed by atoms with Crippen molar-refractivity contribution in [2.75, 3.05) is 18.4 Å². The number of β-amino-alcohol motifs (C(OH)–C–C–N with tert-alkyl or cyclic N) is 1. The normalized spacial score (nSPS) is 21.5. The first kappa shape index (κ1) is 14.9. The topological polar surface area (TPSA) is 52.6 Å². The standard InChI is InChI=1S/C14H18F2N2O2/c1-9(18-6-2-3-11(19)8-18)14(20)17-13-7-10(15)4-5-12(13)16/h4-5,7,9,11,19H,2-3,6,8H2,1H3,(H,17,20). The zero-order chi connectivity index (χ0) is 14.7. The maximum Gasteiger partial charge on any atom is 0.241 e. The summed E-state index contributed by atoms with van der Waals surface area (Å²) in [5.74, 6) is -1.70. The molecule has 1 aliphatic heterocycles. The van der Waals surface area contributed by atoms with E-state index in [2.05, 4.69) is 5.32 Å². The summed E-state index contributed by atoms with van der Waals surface area (Å²) >= 11 is 0. The van der Waals surface area contributed by atoms with Crippen molar-refractivity contribution in [2.24, 2.45) is 0 Å². The number of anilines is 1. The molecule has 0 radical (unpaired) electrons. The number of nitrogens with one attached hydrogen (secondary N) is 1. The van der Waals surface area contributed by atoms with Crippen LogP contribution in [0.15, 0.2) is 18.2 Å². The third kappa shape index (κ3) is 3.52. The minimum Gasteiger partial charge on any atom is -0.392 e. The van der Waals surface area contributed by atoms with Crippen LogP contribution in [-0.4, -0.2) is 41.1 Å². The number of nitrogens with zero attached hydrogens (tertiary/aromatic N) is 1. The summed E-state index contributed by atoms with van der Waals surface area (Å²) in [6.45, 7) is 2.81. The average Bonchev–Trinajstić information content (AvgIpc) is 2.42. The highest BCUT2D eigenvalue weighted by atomic mass is 19.1. The summed E-state index contributed by atoms with van der Waals surface area (Å²) in [7, 11) is 0. The summed E-state index contributed by atoms with van der Waals surface area (Å²) in [5.41, 5.74) is -0.167. The minimum atomic E-state index is -0.675. The number of halogens is 2. The molecule has 4 nitrogen and oxygen atoms in total. The molecule has 2 rings (SSSR count). The Hall–Kier alpha value is -1.53. The van der Waals surface area contributed by atoms with Gasteiger partial charge in [0.2, 0.25) is 5.91 Å². The van der Waals surface area contributed by atoms with Crippen LogP contribution < -0.4 is 5.32 Å². The van der Waals surface area contributed by atoms with E-state index in [9.17, 15) is 18.7 Å². The van der Waals surface area contributed by atoms with Gasteiger partial charge >= 0.3 is 0 Å². The number of hydrogen-bond donors (Lipinski definition) is 2. The lowest BCUT2D eigenvalue weighted by atomic mass is 10.1. The van der Waals surface area contributed by atoms with E-state index >= 15 is 0 Å². The molecule has 0 aliphatic carbocycles. The third-order valence-electron chi connectivity index (χ3n) is 3.54. The summed E-state index contributed by atoms with van der Waals surface area (Å²) in [4.78, 5) is 13.9. The molecule has 1 amide bonds. The summed E-state index contributed by atoms with van der Waals surface area (Å²) in [5, 5.41) is 12.0. The van der Waals surface area contributed by atoms with Crippen LogP contribution in [0, 0.1) is 11.6 Å². The molecule has 1 fully saturated rings. The van der Waals surface area contributed by atoms with Crippen molar-refractivity contribution in [1.29, 1.82) is 0 Å². The van der Waals surface area contributed by atoms with Gasteiger partial charge in [-0.05, 0) is 38.4 Å². The molecule has 2 N–H and O–H groups in total. The number of benzene rings is 1. The molecule has 0 saturated carbocycles. The Labute approximate surface area is 116 Å². The van der Waals surface area contributed by atoms with Crippen molar-refractivity contribution in [2.45, 2.75) is 31.9 Å². The van der Waals surface area contributed by atoms with Gasteiger partial charge in [-0.3, -0.25) is 9.69 Å². The SMILES string of the molecule is CC(C(=O)Nc1cc(F)ccc1F)N1CCCC(O)C1. The van der Waals surface area contributed by atoms with Crippen LogP contribution in [0.5, 0.6) is 0 Å². The zero-order valence-corrected chi connectivity index (χ0v) is 11.3. The van der Waals surface area contributed by atoms with Gasteiger partial charge in [-0.25, -0.2) is 8.78 Å². The van der Waals surface area contributed by atoms with Crippen molar-refractivity contribution in [3.05, 3.63) is 29.8 Å². The number of aliphatic hydroxyl groups is 1. The molecule has 110 valence electrons. The Morgan fingerprint density at radius 2 is 2.25 bits per heavy atom. The summed E-state index contributed by atoms with van der Waals surface area (Å²) in [6.07, 6.45) is 1.10. The number of hydrogen-bond acceptors (Lipinski definition) is 3. The minimum absolute atomic E-state index is 0.167. The quantitative estimate of drug-likeness (QED) is 0.889. The van der Waals surface area contributed by atoms with Crippen LogP contribution in [0.4, 0.5) is 14.5 Å². The molecule has 0 aromatic heterocycles. The van der Waals surface area contributed by atoms with Crippen molar-refractivity contribution >= 4 is 11.6 Å². The van der Waals surface area contributed by atoms with Crippen molar-refractivity contribution in [3.63, 3.8) is 0 Å². The first-order valence-corrected chi connectivity index (χ1v) is 6.65. The highest BCUT2D eigenvalue weighted by Crippen LogP contribution is 2.18. The molecule has 2 unspecified atom stereocenters. The Morgan fingerprint density at radius 1 is 1.50 bits per heavy atom. The van der Waals surface area contributed by atoms with Crippen molar-refractivity contribution in [1.82, 2.24) is 4.90 Å². The van der Waals surface area contributed by atoms with Crippen molar-refractivity contribution in [3.8, 4) is 0 Å². The van der Waals surface area contributed by atoms with E-state index in [0.717, 1.165) is 31.0 Å². The Balaban J connectivity index is 2.02. The molecule has 1 aromatic rings. The summed E-state index contributed by atoms with van der Waals surface area (Å²) < 4.78 is 26.5. The monoisotopic (exact) mass is 284 g/mol. The lowest BCUT2D eigenvalue weighted by molar-refractivity contribution is -0.121. The molecule has 1 aromatic carbocycles. The second-order valence-corrected chi connectivity index (χ2v) is 5.08. The van der Waals surface area contributed by atoms with Gasteiger partial charge < -0.3 is 10.4 Å². The van der Waals surface area contributed by atoms with E-state index < -0.39 is 29.7 Å². The van der Waals surface area contributed by atoms with Gasteiger partial charge in [0.05, 0.1) is 17.8 Å². The van der Waals surface area contributed by atoms with Gasteiger partial charge in [0, 0.05) is 12.6 Å². The number of carbonyl (C=O) groups is 1. The van der Waals surface area contributed by atoms with Gasteiger partial charge in [0.1, 0.15) is 11.6 Å². The molecule has 0 bridgehead atoms. The number of rotatable bonds is 3. The fourth-order valence-electron chi connectivity index (χ4n) is 2.33. The second kappa shape index (κ2) is 6.28. The number of carbonyl (C=O) groups excluding carboxylic acids is 1. The van der Waals surface area contributed by atoms with Crippen LogP contribution in [0.3, 0.4) is 0 Å². The zero-order valence-electron chi connectivity index (χ0n) is 11.3. The molecule has 0 spiro atoms. The fraction of sp³-hybridized carbons (Fsp3) is 0.500. The lowest BCUT2D eigenvalue weighted by Crippen LogP contribution is -2.48. The van der Waals surface area contributed by atoms with Gasteiger partial charge in [0.15, 0.2) is 0 Å². The Bertz CT molecular complexity index is 496. The predicted octanol–water partition coefficient (Wildman–Crippen LogP) is 1.75. The first-order chi connectivity index (χ1) is 9.47. The number of amides is 1. The van der Waals surface area contributed by atoms with E-state index in [-0.39, 0.29) is 5.69 Å². The first-order valence-electron chi connectivity index (χ1n) is 6.65. The van der Waals surface area contributed by atoms with Gasteiger partial charge in [0.25, 0.3) is 0 Å². The molecule has 1 heterocycles. The van der Waals surface area contributed by atoms with Gasteiger partial charge in [-0.2, -0.15) is 0 Å². The van der Waals surface area contributed by atoms with E-state index in [0.29, 0.717) is 13.1 Å². The molecule has 20 heavy (non-hydrogen) atoms. The molecular weight excluding hydrogens is 266 g/mol. The van der Waals surface area contributed by atoms with E-state index in [1.54, 1.807) is 6.92 Å². The smallest absolute Gasteiger partial charge is 0.241 e. The van der Waals surface area contributed by atoms with Crippen LogP contribution in [0.25, 0.3) is 0 Å². The largest absolute Gasteiger partial charge is 0.392 e. The van der Waals surface area contributed by atoms with Crippen LogP contribution in [0.1, 0.15) is 19.8 Å². The Kier molecular flexibility index (Phi) is 4.67. The molecule has 1 saturated heterocycles. The third-order valence-corrected chi connectivity index (χ3v) is 3.54. The molecule has 2 atom stereocenters. The van der Waals surface area contributed by atoms with Gasteiger partial charge in [-0.15, -0.1) is 0 Å². The Morgan fingerprint density at radius 3 is 2.95 bits per heavy atom. The number of piperidine rings is 1. The number of likely N-dealkylation sites (tertiary alicyclic amines) is 1. The predicted molar refractivity (Wildman–Crippen MR) is 71.3 cm³/mol. The highest BCUT2D eigenvalue weighted by molar-refractivity contribution is 5.94. The maximum absolute atomic E-state index is 13.5. The van der Waals surface area contributed by atoms with Crippen LogP contribution in [0.2, 0.25) is 0 Å². The van der Waals surface area contributed by atoms with E-state index in [1.165, 1.54) is 0 Å². The van der Waals surface area contributed by atoms with E-state index in [4.69, 9.17) is 0 Å². The van der Waals surface area contributed by atoms with Crippen LogP contribution >= 0.6 is 0 Å². The average molecular weight is 284 g/mol. The van der Waals surface area contributed by atoms with Gasteiger partial charge in [-0.1, -0.05) is 0 Å². The van der Waals surface area contributed by atoms with Crippen LogP contribution in [-0.2, 0) is 4.79 Å². The second-order valence-electron chi connectivity index (χ2n) is 5.08. The molecule has 1 aliphatic rings. The van der Waals surface area contributed by atoms with Crippen molar-refractivity contribution < 1.29 is 18.7 Å². The molecular formula is C14H18F2N2O2. The number of aliphatic hydroxyl groups excluding tert-OH is 1. The fourth-order valence-corrected chi connectivity index (χ4v) is 2.33. The summed E-state index contributed by atoms with van der Waals surface area (Å²) in [6, 6.07) is 2.41. The van der Waals surface area contributed by atoms with E-state index in [1.807, 2.05) is 4.90 Å². The lowest BCUT2D eigenvalue weighted by Gasteiger charge is -2.33. The maximum atomic E-state index is 13.5.